The van der Waals surface area contributed by atoms with E-state index in [2.05, 4.69) is 16.0 Å². The number of aryl methyl sites for hydroxylation is 1. The second kappa shape index (κ2) is 5.40. The first kappa shape index (κ1) is 13.5. The first-order valence-corrected chi connectivity index (χ1v) is 5.64. The predicted octanol–water partition coefficient (Wildman–Crippen LogP) is 1.83. The van der Waals surface area contributed by atoms with Crippen molar-refractivity contribution < 1.29 is 14.3 Å². The molecule has 0 unspecified atom stereocenters. The van der Waals surface area contributed by atoms with Gasteiger partial charge in [0.2, 0.25) is 0 Å². The van der Waals surface area contributed by atoms with Crippen LogP contribution < -0.4 is 4.90 Å². The van der Waals surface area contributed by atoms with E-state index in [-0.39, 0.29) is 6.54 Å². The van der Waals surface area contributed by atoms with Gasteiger partial charge in [0.05, 0.1) is 42.2 Å². The third-order valence-corrected chi connectivity index (χ3v) is 2.60. The molecule has 2 aromatic heterocycles. The van der Waals surface area contributed by atoms with E-state index in [4.69, 9.17) is 11.5 Å². The van der Waals surface area contributed by atoms with Crippen molar-refractivity contribution >= 4 is 11.8 Å². The highest BCUT2D eigenvalue weighted by molar-refractivity contribution is 5.87. The van der Waals surface area contributed by atoms with E-state index < -0.39 is 11.9 Å². The highest BCUT2D eigenvalue weighted by Gasteiger charge is 2.19. The molecule has 0 fully saturated rings. The molecule has 0 bridgehead atoms. The fraction of sp³-hybridized carbons (Fsp3) is 0.154. The summed E-state index contributed by atoms with van der Waals surface area (Å²) in [6, 6.07) is 1.25. The van der Waals surface area contributed by atoms with Gasteiger partial charge in [-0.3, -0.25) is 9.88 Å². The number of rotatable bonds is 3. The Labute approximate surface area is 114 Å². The van der Waals surface area contributed by atoms with E-state index in [1.807, 2.05) is 0 Å². The number of amides is 1. The lowest BCUT2D eigenvalue weighted by atomic mass is 10.3. The Hall–Kier alpha value is -2.88. The summed E-state index contributed by atoms with van der Waals surface area (Å²) in [5, 5.41) is 13.3. The monoisotopic (exact) mass is 274 g/mol. The van der Waals surface area contributed by atoms with Gasteiger partial charge in [-0.1, -0.05) is 5.92 Å². The van der Waals surface area contributed by atoms with Crippen LogP contribution in [0, 0.1) is 25.1 Å². The maximum atomic E-state index is 13.1. The molecule has 0 radical (unpaired) electrons. The van der Waals surface area contributed by atoms with Gasteiger partial charge in [-0.05, 0) is 6.92 Å². The molecule has 1 amide bonds. The lowest BCUT2D eigenvalue weighted by molar-refractivity contribution is 0.202. The molecule has 1 N–H and O–H groups in total. The smallest absolute Gasteiger partial charge is 0.412 e. The van der Waals surface area contributed by atoms with E-state index in [1.165, 1.54) is 23.1 Å². The normalized spacial score (nSPS) is 10.1. The highest BCUT2D eigenvalue weighted by Crippen LogP contribution is 2.21. The number of halogens is 1. The summed E-state index contributed by atoms with van der Waals surface area (Å²) >= 11 is 0. The fourth-order valence-corrected chi connectivity index (χ4v) is 1.72. The predicted molar refractivity (Wildman–Crippen MR) is 70.3 cm³/mol. The minimum absolute atomic E-state index is 0.0940. The molecule has 0 spiro atoms. The molecule has 6 nitrogen and oxygen atoms in total. The van der Waals surface area contributed by atoms with E-state index in [0.717, 1.165) is 11.1 Å². The number of hydrogen-bond donors (Lipinski definition) is 1. The number of hydrogen-bond acceptors (Lipinski definition) is 3. The molecule has 102 valence electrons. The largest absolute Gasteiger partial charge is 0.465 e. The van der Waals surface area contributed by atoms with Gasteiger partial charge < -0.3 is 5.11 Å². The quantitative estimate of drug-likeness (QED) is 0.867. The third-order valence-electron chi connectivity index (χ3n) is 2.60. The number of carboxylic acid groups (broad SMARTS) is 1. The second-order valence-electron chi connectivity index (χ2n) is 3.98. The number of pyridine rings is 1. The second-order valence-corrected chi connectivity index (χ2v) is 3.98. The molecular formula is C13H11FN4O2. The summed E-state index contributed by atoms with van der Waals surface area (Å²) in [4.78, 5) is 15.9. The fourth-order valence-electron chi connectivity index (χ4n) is 1.72. The van der Waals surface area contributed by atoms with Gasteiger partial charge in [-0.25, -0.2) is 13.9 Å². The summed E-state index contributed by atoms with van der Waals surface area (Å²) in [6.07, 6.45) is 7.94. The Bertz CT molecular complexity index is 690. The van der Waals surface area contributed by atoms with Crippen LogP contribution in [0.5, 0.6) is 0 Å². The number of anilines is 1. The third kappa shape index (κ3) is 2.59. The van der Waals surface area contributed by atoms with E-state index >= 15 is 0 Å². The number of nitrogens with zero attached hydrogens (tertiary/aromatic N) is 4. The Morgan fingerprint density at radius 1 is 1.60 bits per heavy atom. The van der Waals surface area contributed by atoms with Crippen LogP contribution in [-0.4, -0.2) is 32.5 Å². The summed E-state index contributed by atoms with van der Waals surface area (Å²) in [6.45, 7) is 1.55. The lowest BCUT2D eigenvalue weighted by Crippen LogP contribution is -2.29. The van der Waals surface area contributed by atoms with Gasteiger partial charge in [0.1, 0.15) is 5.82 Å². The van der Waals surface area contributed by atoms with Crippen LogP contribution in [0.4, 0.5) is 14.9 Å². The van der Waals surface area contributed by atoms with Crippen molar-refractivity contribution in [1.82, 2.24) is 14.8 Å². The lowest BCUT2D eigenvalue weighted by Gasteiger charge is -2.14. The van der Waals surface area contributed by atoms with Crippen LogP contribution >= 0.6 is 0 Å². The maximum absolute atomic E-state index is 13.1. The minimum Gasteiger partial charge on any atom is -0.465 e. The zero-order valence-corrected chi connectivity index (χ0v) is 10.6. The van der Waals surface area contributed by atoms with Gasteiger partial charge >= 0.3 is 6.09 Å². The van der Waals surface area contributed by atoms with Crippen molar-refractivity contribution in [2.45, 2.75) is 6.92 Å². The molecule has 7 heteroatoms. The first-order chi connectivity index (χ1) is 9.52. The van der Waals surface area contributed by atoms with Crippen molar-refractivity contribution in [1.29, 1.82) is 0 Å². The van der Waals surface area contributed by atoms with Gasteiger partial charge in [0, 0.05) is 6.07 Å². The molecule has 0 atom stereocenters. The van der Waals surface area contributed by atoms with Crippen LogP contribution in [-0.2, 0) is 0 Å². The Kier molecular flexibility index (Phi) is 3.66. The van der Waals surface area contributed by atoms with Crippen LogP contribution in [0.3, 0.4) is 0 Å². The highest BCUT2D eigenvalue weighted by atomic mass is 19.1. The van der Waals surface area contributed by atoms with Crippen molar-refractivity contribution in [3.63, 3.8) is 0 Å². The van der Waals surface area contributed by atoms with Gasteiger partial charge in [0.15, 0.2) is 0 Å². The Morgan fingerprint density at radius 2 is 2.35 bits per heavy atom. The standard InChI is InChI=1S/C13H11FN4O2/c1-3-4-17(13(19)20)12-8-18(16-9(12)2)11-5-10(14)6-15-7-11/h1,5-8H,4H2,2H3,(H,19,20). The summed E-state index contributed by atoms with van der Waals surface area (Å²) in [5.74, 6) is 1.76. The summed E-state index contributed by atoms with van der Waals surface area (Å²) in [5.41, 5.74) is 1.21. The van der Waals surface area contributed by atoms with Crippen molar-refractivity contribution in [2.75, 3.05) is 11.4 Å². The molecular weight excluding hydrogens is 263 g/mol. The molecule has 2 heterocycles. The van der Waals surface area contributed by atoms with Crippen molar-refractivity contribution in [2.24, 2.45) is 0 Å². The van der Waals surface area contributed by atoms with Crippen LogP contribution in [0.25, 0.3) is 5.69 Å². The summed E-state index contributed by atoms with van der Waals surface area (Å²) in [7, 11) is 0. The summed E-state index contributed by atoms with van der Waals surface area (Å²) < 4.78 is 14.5. The minimum atomic E-state index is -1.18. The number of carbonyl (C=O) groups is 1. The van der Waals surface area contributed by atoms with Crippen molar-refractivity contribution in [3.8, 4) is 18.0 Å². The molecule has 0 saturated heterocycles. The van der Waals surface area contributed by atoms with Crippen LogP contribution in [0.1, 0.15) is 5.69 Å². The molecule has 2 aromatic rings. The zero-order valence-electron chi connectivity index (χ0n) is 10.6. The van der Waals surface area contributed by atoms with Crippen LogP contribution in [0.2, 0.25) is 0 Å². The Morgan fingerprint density at radius 3 is 2.95 bits per heavy atom. The molecule has 2 rings (SSSR count). The van der Waals surface area contributed by atoms with Crippen LogP contribution in [0.15, 0.2) is 24.7 Å². The van der Waals surface area contributed by atoms with Gasteiger partial charge in [-0.15, -0.1) is 6.42 Å². The van der Waals surface area contributed by atoms with E-state index in [9.17, 15) is 9.18 Å². The molecule has 0 aliphatic carbocycles. The topological polar surface area (TPSA) is 71.2 Å². The van der Waals surface area contributed by atoms with Crippen molar-refractivity contribution in [3.05, 3.63) is 36.2 Å². The number of terminal acetylenes is 1. The average molecular weight is 274 g/mol. The molecule has 0 aliphatic rings. The molecule has 0 aliphatic heterocycles. The first-order valence-electron chi connectivity index (χ1n) is 5.64. The van der Waals surface area contributed by atoms with Gasteiger partial charge in [0.25, 0.3) is 0 Å². The maximum Gasteiger partial charge on any atom is 0.412 e. The Balaban J connectivity index is 2.44. The molecule has 20 heavy (non-hydrogen) atoms. The number of aromatic nitrogens is 3. The van der Waals surface area contributed by atoms with E-state index in [0.29, 0.717) is 17.1 Å². The van der Waals surface area contributed by atoms with Gasteiger partial charge in [-0.2, -0.15) is 5.10 Å². The van der Waals surface area contributed by atoms with E-state index in [1.54, 1.807) is 6.92 Å². The molecule has 0 saturated carbocycles. The zero-order chi connectivity index (χ0) is 14.7. The molecule has 0 aromatic carbocycles. The average Bonchev–Trinajstić information content (AvgIpc) is 2.77. The SMILES string of the molecule is C#CCN(C(=O)O)c1cn(-c2cncc(F)c2)nc1C.